The molecule has 0 aromatic heterocycles. The molecule has 1 aliphatic heterocycles. The average molecular weight is 355 g/mol. The molecule has 1 aliphatic rings. The zero-order chi connectivity index (χ0) is 18.5. The van der Waals surface area contributed by atoms with Gasteiger partial charge in [0.25, 0.3) is 0 Å². The minimum Gasteiger partial charge on any atom is -0.454 e. The third kappa shape index (κ3) is 4.67. The Kier molecular flexibility index (Phi) is 5.63. The molecular weight excluding hydrogens is 330 g/mol. The highest BCUT2D eigenvalue weighted by Gasteiger charge is 2.14. The van der Waals surface area contributed by atoms with Crippen molar-refractivity contribution in [2.75, 3.05) is 39.4 Å². The van der Waals surface area contributed by atoms with Crippen LogP contribution in [0.3, 0.4) is 0 Å². The van der Waals surface area contributed by atoms with Gasteiger partial charge in [-0.15, -0.1) is 0 Å². The van der Waals surface area contributed by atoms with E-state index in [1.54, 1.807) is 0 Å². The number of ether oxygens (including phenoxy) is 2. The monoisotopic (exact) mass is 355 g/mol. The van der Waals surface area contributed by atoms with Crippen LogP contribution >= 0.6 is 0 Å². The zero-order valence-corrected chi connectivity index (χ0v) is 15.5. The van der Waals surface area contributed by atoms with Crippen molar-refractivity contribution >= 4 is 11.6 Å². The van der Waals surface area contributed by atoms with Crippen LogP contribution in [0.5, 0.6) is 11.5 Å². The van der Waals surface area contributed by atoms with Gasteiger partial charge in [0.15, 0.2) is 11.5 Å². The van der Waals surface area contributed by atoms with Crippen molar-refractivity contribution in [1.29, 1.82) is 0 Å². The van der Waals surface area contributed by atoms with Gasteiger partial charge >= 0.3 is 0 Å². The lowest BCUT2D eigenvalue weighted by Gasteiger charge is -2.17. The first kappa shape index (κ1) is 18.1. The van der Waals surface area contributed by atoms with Gasteiger partial charge in [0.05, 0.1) is 6.54 Å². The maximum absolute atomic E-state index is 12.2. The van der Waals surface area contributed by atoms with Gasteiger partial charge in [-0.25, -0.2) is 0 Å². The largest absolute Gasteiger partial charge is 0.454 e. The molecular formula is C20H25N3O3. The average Bonchev–Trinajstić information content (AvgIpc) is 3.08. The van der Waals surface area contributed by atoms with Crippen LogP contribution in [0.1, 0.15) is 11.1 Å². The maximum atomic E-state index is 12.2. The van der Waals surface area contributed by atoms with E-state index in [-0.39, 0.29) is 12.7 Å². The summed E-state index contributed by atoms with van der Waals surface area (Å²) in [7, 11) is 5.94. The molecule has 6 nitrogen and oxygen atoms in total. The number of fused-ring (bicyclic) bond motifs is 1. The maximum Gasteiger partial charge on any atom is 0.234 e. The van der Waals surface area contributed by atoms with E-state index in [1.165, 1.54) is 0 Å². The Balaban J connectivity index is 1.45. The van der Waals surface area contributed by atoms with Gasteiger partial charge in [-0.05, 0) is 42.4 Å². The Labute approximate surface area is 154 Å². The number of anilines is 1. The quantitative estimate of drug-likeness (QED) is 0.825. The SMILES string of the molecule is CN(CC(=O)NCc1ccc(N(C)C)cc1)Cc1ccc2c(c1)OCO2. The van der Waals surface area contributed by atoms with E-state index in [2.05, 4.69) is 5.32 Å². The lowest BCUT2D eigenvalue weighted by atomic mass is 10.2. The Morgan fingerprint density at radius 3 is 2.42 bits per heavy atom. The van der Waals surface area contributed by atoms with E-state index in [0.717, 1.165) is 28.3 Å². The van der Waals surface area contributed by atoms with Crippen LogP contribution in [0.4, 0.5) is 5.69 Å². The zero-order valence-electron chi connectivity index (χ0n) is 15.5. The highest BCUT2D eigenvalue weighted by atomic mass is 16.7. The van der Waals surface area contributed by atoms with Gasteiger partial charge in [-0.3, -0.25) is 9.69 Å². The third-order valence-electron chi connectivity index (χ3n) is 4.25. The van der Waals surface area contributed by atoms with Gasteiger partial charge in [0.2, 0.25) is 12.7 Å². The summed E-state index contributed by atoms with van der Waals surface area (Å²) in [6.45, 7) is 1.81. The van der Waals surface area contributed by atoms with Gasteiger partial charge in [0.1, 0.15) is 0 Å². The molecule has 1 N–H and O–H groups in total. The van der Waals surface area contributed by atoms with Crippen LogP contribution in [0.25, 0.3) is 0 Å². The number of likely N-dealkylation sites (N-methyl/N-ethyl adjacent to an activating group) is 1. The number of rotatable bonds is 7. The van der Waals surface area contributed by atoms with Gasteiger partial charge < -0.3 is 19.7 Å². The molecule has 138 valence electrons. The predicted octanol–water partition coefficient (Wildman–Crippen LogP) is 2.23. The molecule has 1 amide bonds. The number of hydrogen-bond donors (Lipinski definition) is 1. The Morgan fingerprint density at radius 2 is 1.69 bits per heavy atom. The first-order valence-electron chi connectivity index (χ1n) is 8.61. The smallest absolute Gasteiger partial charge is 0.234 e. The molecule has 0 fully saturated rings. The van der Waals surface area contributed by atoms with Crippen molar-refractivity contribution in [3.8, 4) is 11.5 Å². The van der Waals surface area contributed by atoms with E-state index >= 15 is 0 Å². The van der Waals surface area contributed by atoms with Crippen LogP contribution < -0.4 is 19.7 Å². The minimum absolute atomic E-state index is 0.00456. The molecule has 2 aromatic carbocycles. The second-order valence-electron chi connectivity index (χ2n) is 6.70. The molecule has 3 rings (SSSR count). The van der Waals surface area contributed by atoms with Crippen LogP contribution in [0.2, 0.25) is 0 Å². The normalized spacial score (nSPS) is 12.3. The van der Waals surface area contributed by atoms with Crippen molar-refractivity contribution in [3.63, 3.8) is 0 Å². The number of nitrogens with zero attached hydrogens (tertiary/aromatic N) is 2. The fourth-order valence-corrected chi connectivity index (χ4v) is 2.82. The topological polar surface area (TPSA) is 54.0 Å². The summed E-state index contributed by atoms with van der Waals surface area (Å²) >= 11 is 0. The van der Waals surface area contributed by atoms with Crippen molar-refractivity contribution in [3.05, 3.63) is 53.6 Å². The molecule has 0 saturated heterocycles. The predicted molar refractivity (Wildman–Crippen MR) is 102 cm³/mol. The summed E-state index contributed by atoms with van der Waals surface area (Å²) in [6, 6.07) is 14.0. The number of nitrogens with one attached hydrogen (secondary N) is 1. The van der Waals surface area contributed by atoms with Crippen molar-refractivity contribution in [2.24, 2.45) is 0 Å². The summed E-state index contributed by atoms with van der Waals surface area (Å²) in [4.78, 5) is 16.2. The standard InChI is InChI=1S/C20H25N3O3/c1-22(2)17-7-4-15(5-8-17)11-21-20(24)13-23(3)12-16-6-9-18-19(10-16)26-14-25-18/h4-10H,11-14H2,1-3H3,(H,21,24). The van der Waals surface area contributed by atoms with Crippen molar-refractivity contribution in [1.82, 2.24) is 10.2 Å². The number of benzene rings is 2. The number of carbonyl (C=O) groups excluding carboxylic acids is 1. The molecule has 26 heavy (non-hydrogen) atoms. The summed E-state index contributed by atoms with van der Waals surface area (Å²) in [6.07, 6.45) is 0. The summed E-state index contributed by atoms with van der Waals surface area (Å²) in [5.41, 5.74) is 3.31. The van der Waals surface area contributed by atoms with Gasteiger partial charge in [-0.1, -0.05) is 18.2 Å². The van der Waals surface area contributed by atoms with E-state index in [4.69, 9.17) is 9.47 Å². The lowest BCUT2D eigenvalue weighted by Crippen LogP contribution is -2.34. The molecule has 1 heterocycles. The van der Waals surface area contributed by atoms with Crippen LogP contribution in [-0.2, 0) is 17.9 Å². The molecule has 0 unspecified atom stereocenters. The van der Waals surface area contributed by atoms with E-state index in [0.29, 0.717) is 19.6 Å². The molecule has 0 atom stereocenters. The fourth-order valence-electron chi connectivity index (χ4n) is 2.82. The third-order valence-corrected chi connectivity index (χ3v) is 4.25. The number of amides is 1. The lowest BCUT2D eigenvalue weighted by molar-refractivity contribution is -0.122. The molecule has 0 aliphatic carbocycles. The van der Waals surface area contributed by atoms with Crippen molar-refractivity contribution in [2.45, 2.75) is 13.1 Å². The van der Waals surface area contributed by atoms with E-state index in [1.807, 2.05) is 73.4 Å². The summed E-state index contributed by atoms with van der Waals surface area (Å²) in [5, 5.41) is 2.97. The Bertz CT molecular complexity index is 759. The molecule has 0 bridgehead atoms. The fraction of sp³-hybridized carbons (Fsp3) is 0.350. The first-order valence-corrected chi connectivity index (χ1v) is 8.61. The molecule has 0 radical (unpaired) electrons. The molecule has 0 spiro atoms. The highest BCUT2D eigenvalue weighted by molar-refractivity contribution is 5.78. The summed E-state index contributed by atoms with van der Waals surface area (Å²) < 4.78 is 10.7. The van der Waals surface area contributed by atoms with Crippen LogP contribution in [0.15, 0.2) is 42.5 Å². The highest BCUT2D eigenvalue weighted by Crippen LogP contribution is 2.32. The Morgan fingerprint density at radius 1 is 1.00 bits per heavy atom. The summed E-state index contributed by atoms with van der Waals surface area (Å²) in [5.74, 6) is 1.54. The number of hydrogen-bond acceptors (Lipinski definition) is 5. The minimum atomic E-state index is 0.00456. The second-order valence-corrected chi connectivity index (χ2v) is 6.70. The van der Waals surface area contributed by atoms with Gasteiger partial charge in [0, 0.05) is 32.9 Å². The molecule has 2 aromatic rings. The van der Waals surface area contributed by atoms with E-state index in [9.17, 15) is 4.79 Å². The number of carbonyl (C=O) groups is 1. The first-order chi connectivity index (χ1) is 12.5. The van der Waals surface area contributed by atoms with Crippen LogP contribution in [0, 0.1) is 0 Å². The van der Waals surface area contributed by atoms with E-state index < -0.39 is 0 Å². The Hall–Kier alpha value is -2.73. The molecule has 0 saturated carbocycles. The second kappa shape index (κ2) is 8.10. The molecule has 6 heteroatoms. The van der Waals surface area contributed by atoms with Crippen LogP contribution in [-0.4, -0.2) is 45.3 Å². The van der Waals surface area contributed by atoms with Crippen molar-refractivity contribution < 1.29 is 14.3 Å². The van der Waals surface area contributed by atoms with Gasteiger partial charge in [-0.2, -0.15) is 0 Å².